The number of nitrogen functional groups attached to an aromatic ring is 2. The molecule has 180 valence electrons. The van der Waals surface area contributed by atoms with Gasteiger partial charge in [0.05, 0.1) is 6.54 Å². The molecule has 2 aromatic heterocycles. The fourth-order valence-corrected chi connectivity index (χ4v) is 4.06. The summed E-state index contributed by atoms with van der Waals surface area (Å²) < 4.78 is 15.7. The molecule has 1 fully saturated rings. The number of nitrogens with two attached hydrogens (primary N) is 2. The van der Waals surface area contributed by atoms with Crippen molar-refractivity contribution in [2.45, 2.75) is 45.7 Å². The van der Waals surface area contributed by atoms with Crippen LogP contribution in [0.15, 0.2) is 33.9 Å². The first-order chi connectivity index (χ1) is 16.4. The van der Waals surface area contributed by atoms with Gasteiger partial charge in [-0.3, -0.25) is 13.9 Å². The molecule has 0 radical (unpaired) electrons. The third kappa shape index (κ3) is 4.85. The Kier molecular flexibility index (Phi) is 6.75. The predicted molar refractivity (Wildman–Crippen MR) is 129 cm³/mol. The van der Waals surface area contributed by atoms with Crippen LogP contribution >= 0.6 is 0 Å². The second-order valence-electron chi connectivity index (χ2n) is 8.17. The number of hydrogen-bond acceptors (Lipinski definition) is 9. The second-order valence-corrected chi connectivity index (χ2v) is 8.17. The average Bonchev–Trinajstić information content (AvgIpc) is 2.81. The van der Waals surface area contributed by atoms with Crippen LogP contribution < -0.4 is 32.9 Å². The summed E-state index contributed by atoms with van der Waals surface area (Å²) in [6.07, 6.45) is 3.67. The van der Waals surface area contributed by atoms with E-state index in [1.165, 1.54) is 28.8 Å². The Morgan fingerprint density at radius 2 is 1.71 bits per heavy atom. The van der Waals surface area contributed by atoms with E-state index in [1.54, 1.807) is 0 Å². The number of piperidine rings is 1. The van der Waals surface area contributed by atoms with Crippen molar-refractivity contribution in [1.29, 1.82) is 0 Å². The zero-order valence-corrected chi connectivity index (χ0v) is 19.0. The van der Waals surface area contributed by atoms with Crippen LogP contribution in [-0.4, -0.2) is 37.2 Å². The summed E-state index contributed by atoms with van der Waals surface area (Å²) in [4.78, 5) is 41.1. The number of nitrogens with zero attached hydrogens (tertiary/aromatic N) is 6. The fourth-order valence-electron chi connectivity index (χ4n) is 4.06. The Labute approximate surface area is 195 Å². The van der Waals surface area contributed by atoms with Gasteiger partial charge in [0.1, 0.15) is 17.3 Å². The quantitative estimate of drug-likeness (QED) is 0.470. The van der Waals surface area contributed by atoms with Gasteiger partial charge in [0, 0.05) is 25.3 Å². The molecule has 0 atom stereocenters. The topological polar surface area (TPSA) is 150 Å². The Hall–Kier alpha value is -3.96. The highest BCUT2D eigenvalue weighted by molar-refractivity contribution is 5.63. The molecule has 1 aromatic carbocycles. The van der Waals surface area contributed by atoms with Crippen LogP contribution in [0.5, 0.6) is 0 Å². The summed E-state index contributed by atoms with van der Waals surface area (Å²) in [5.74, 6) is -0.0273. The average molecular weight is 470 g/mol. The van der Waals surface area contributed by atoms with Crippen LogP contribution in [-0.2, 0) is 13.1 Å². The van der Waals surface area contributed by atoms with Gasteiger partial charge < -0.3 is 21.7 Å². The van der Waals surface area contributed by atoms with E-state index in [1.807, 2.05) is 11.8 Å². The summed E-state index contributed by atoms with van der Waals surface area (Å²) in [6, 6.07) is 5.63. The van der Waals surface area contributed by atoms with Crippen LogP contribution in [0.1, 0.15) is 38.4 Å². The molecule has 1 saturated heterocycles. The number of aromatic nitrogens is 5. The number of hydrogen-bond donors (Lipinski definition) is 3. The maximum absolute atomic E-state index is 13.4. The van der Waals surface area contributed by atoms with Crippen molar-refractivity contribution >= 4 is 29.1 Å². The van der Waals surface area contributed by atoms with Crippen LogP contribution in [0.4, 0.5) is 33.5 Å². The zero-order chi connectivity index (χ0) is 24.2. The Morgan fingerprint density at radius 1 is 1.00 bits per heavy atom. The first-order valence-corrected chi connectivity index (χ1v) is 11.3. The van der Waals surface area contributed by atoms with Crippen molar-refractivity contribution < 1.29 is 4.39 Å². The van der Waals surface area contributed by atoms with Gasteiger partial charge >= 0.3 is 5.69 Å². The lowest BCUT2D eigenvalue weighted by Gasteiger charge is -2.30. The molecular formula is C22H28FN9O2. The molecule has 4 rings (SSSR count). The van der Waals surface area contributed by atoms with E-state index >= 15 is 0 Å². The highest BCUT2D eigenvalue weighted by Gasteiger charge is 2.24. The molecule has 3 aromatic rings. The van der Waals surface area contributed by atoms with Gasteiger partial charge in [0.25, 0.3) is 5.56 Å². The molecule has 0 unspecified atom stereocenters. The molecule has 11 nitrogen and oxygen atoms in total. The van der Waals surface area contributed by atoms with Crippen molar-refractivity contribution in [2.75, 3.05) is 34.8 Å². The van der Waals surface area contributed by atoms with E-state index in [-0.39, 0.29) is 35.9 Å². The summed E-state index contributed by atoms with van der Waals surface area (Å²) in [5, 5.41) is 2.92. The van der Waals surface area contributed by atoms with E-state index in [4.69, 9.17) is 11.5 Å². The molecule has 12 heteroatoms. The van der Waals surface area contributed by atoms with E-state index in [2.05, 4.69) is 20.3 Å². The van der Waals surface area contributed by atoms with Gasteiger partial charge in [-0.05, 0) is 49.9 Å². The van der Waals surface area contributed by atoms with E-state index in [0.29, 0.717) is 37.4 Å². The van der Waals surface area contributed by atoms with E-state index in [0.717, 1.165) is 23.8 Å². The first kappa shape index (κ1) is 23.2. The highest BCUT2D eigenvalue weighted by Crippen LogP contribution is 2.22. The molecular weight excluding hydrogens is 441 g/mol. The Morgan fingerprint density at radius 3 is 2.38 bits per heavy atom. The molecule has 0 spiro atoms. The third-order valence-electron chi connectivity index (χ3n) is 5.66. The molecule has 0 amide bonds. The Balaban J connectivity index is 1.74. The molecule has 3 heterocycles. The van der Waals surface area contributed by atoms with Crippen LogP contribution in [0.2, 0.25) is 0 Å². The largest absolute Gasteiger partial charge is 0.383 e. The minimum absolute atomic E-state index is 0.0803. The minimum Gasteiger partial charge on any atom is -0.383 e. The number of benzene rings is 1. The molecule has 0 aliphatic carbocycles. The van der Waals surface area contributed by atoms with Gasteiger partial charge in [-0.1, -0.05) is 6.92 Å². The first-order valence-electron chi connectivity index (χ1n) is 11.3. The SMILES string of the molecule is CCCn1c(N)c(N2CCCCC2)c(=O)n(Cc2nc(N)nc(Nc3ccc(F)cc3)n2)c1=O. The zero-order valence-electron chi connectivity index (χ0n) is 19.0. The smallest absolute Gasteiger partial charge is 0.333 e. The summed E-state index contributed by atoms with van der Waals surface area (Å²) >= 11 is 0. The highest BCUT2D eigenvalue weighted by atomic mass is 19.1. The number of nitrogens with one attached hydrogen (secondary N) is 1. The third-order valence-corrected chi connectivity index (χ3v) is 5.66. The van der Waals surface area contributed by atoms with Gasteiger partial charge in [-0.2, -0.15) is 15.0 Å². The molecule has 34 heavy (non-hydrogen) atoms. The summed E-state index contributed by atoms with van der Waals surface area (Å²) in [5.41, 5.74) is 12.0. The maximum Gasteiger partial charge on any atom is 0.333 e. The van der Waals surface area contributed by atoms with Crippen molar-refractivity contribution in [2.24, 2.45) is 0 Å². The number of halogens is 1. The molecule has 5 N–H and O–H groups in total. The van der Waals surface area contributed by atoms with Gasteiger partial charge in [0.2, 0.25) is 11.9 Å². The van der Waals surface area contributed by atoms with Crippen LogP contribution in [0.25, 0.3) is 0 Å². The maximum atomic E-state index is 13.4. The normalized spacial score (nSPS) is 13.8. The predicted octanol–water partition coefficient (Wildman–Crippen LogP) is 1.69. The monoisotopic (exact) mass is 469 g/mol. The van der Waals surface area contributed by atoms with Crippen molar-refractivity contribution in [3.05, 3.63) is 56.7 Å². The Bertz CT molecular complexity index is 1280. The standard InChI is InChI=1S/C22H28FN9O2/c1-2-10-31-18(24)17(30-11-4-3-5-12-30)19(33)32(22(31)34)13-16-27-20(25)29-21(28-16)26-15-8-6-14(23)7-9-15/h6-9H,2-5,10-13,24H2,1H3,(H3,25,26,27,28,29). The van der Waals surface area contributed by atoms with Gasteiger partial charge in [-0.25, -0.2) is 9.18 Å². The van der Waals surface area contributed by atoms with Crippen molar-refractivity contribution in [3.8, 4) is 0 Å². The van der Waals surface area contributed by atoms with Crippen molar-refractivity contribution in [1.82, 2.24) is 24.1 Å². The summed E-state index contributed by atoms with van der Waals surface area (Å²) in [7, 11) is 0. The lowest BCUT2D eigenvalue weighted by atomic mass is 10.1. The molecule has 1 aliphatic heterocycles. The molecule has 1 aliphatic rings. The van der Waals surface area contributed by atoms with Crippen LogP contribution in [0, 0.1) is 5.82 Å². The van der Waals surface area contributed by atoms with Crippen LogP contribution in [0.3, 0.4) is 0 Å². The molecule has 0 bridgehead atoms. The lowest BCUT2D eigenvalue weighted by Crippen LogP contribution is -2.46. The molecule has 0 saturated carbocycles. The second kappa shape index (κ2) is 9.89. The summed E-state index contributed by atoms with van der Waals surface area (Å²) in [6.45, 7) is 3.51. The fraction of sp³-hybridized carbons (Fsp3) is 0.409. The van der Waals surface area contributed by atoms with Gasteiger partial charge in [0.15, 0.2) is 5.82 Å². The minimum atomic E-state index is -0.530. The van der Waals surface area contributed by atoms with Crippen molar-refractivity contribution in [3.63, 3.8) is 0 Å². The van der Waals surface area contributed by atoms with Gasteiger partial charge in [-0.15, -0.1) is 0 Å². The number of rotatable bonds is 7. The number of anilines is 5. The van der Waals surface area contributed by atoms with E-state index < -0.39 is 11.2 Å². The van der Waals surface area contributed by atoms with E-state index in [9.17, 15) is 14.0 Å². The lowest BCUT2D eigenvalue weighted by molar-refractivity contribution is 0.545.